The van der Waals surface area contributed by atoms with Gasteiger partial charge in [0.25, 0.3) is 0 Å². The van der Waals surface area contributed by atoms with Crippen LogP contribution in [0.4, 0.5) is 8.78 Å². The van der Waals surface area contributed by atoms with E-state index >= 15 is 0 Å². The standard InChI is InChI=1S/C35H44F2N2O4/c1-23-5-4-13-34(3)30(12-14-35(34,43)22-38-15-17-39(18-16-38)24(2)40)28-10-7-25(19-27(41)9-6-23)20-29(28)33(42)26-8-11-31(36)32(37)21-26/h5,7-8,10-11,20-21,27,30,41,43H,4,6,9,12-19,22H2,1-3H3/t27-,30-,34-,35+/m0/s1. The molecule has 2 fully saturated rings. The molecule has 4 atom stereocenters. The fraction of sp³-hybridized carbons (Fsp3) is 0.543. The molecule has 0 radical (unpaired) electrons. The highest BCUT2D eigenvalue weighted by atomic mass is 19.2. The highest BCUT2D eigenvalue weighted by molar-refractivity contribution is 6.10. The average molecular weight is 595 g/mol. The number of nitrogens with zero attached hydrogens (tertiary/aromatic N) is 2. The van der Waals surface area contributed by atoms with Crippen LogP contribution in [0, 0.1) is 17.0 Å². The number of carbonyl (C=O) groups is 2. The molecule has 1 saturated heterocycles. The Morgan fingerprint density at radius 1 is 1.00 bits per heavy atom. The molecule has 0 aromatic heterocycles. The predicted molar refractivity (Wildman–Crippen MR) is 162 cm³/mol. The molecular formula is C35H44F2N2O4. The molecule has 6 nitrogen and oxygen atoms in total. The number of carbonyl (C=O) groups excluding carboxylic acids is 2. The van der Waals surface area contributed by atoms with Crippen LogP contribution in [-0.2, 0) is 11.2 Å². The van der Waals surface area contributed by atoms with Crippen LogP contribution >= 0.6 is 0 Å². The van der Waals surface area contributed by atoms with E-state index in [-0.39, 0.29) is 17.4 Å². The third-order valence-electron chi connectivity index (χ3n) is 10.4. The monoisotopic (exact) mass is 594 g/mol. The molecule has 2 aromatic carbocycles. The van der Waals surface area contributed by atoms with Gasteiger partial charge in [0, 0.05) is 56.2 Å². The summed E-state index contributed by atoms with van der Waals surface area (Å²) in [6, 6.07) is 8.93. The number of ketones is 1. The van der Waals surface area contributed by atoms with Gasteiger partial charge in [0.05, 0.1) is 11.7 Å². The second-order valence-corrected chi connectivity index (χ2v) is 13.2. The summed E-state index contributed by atoms with van der Waals surface area (Å²) in [5, 5.41) is 23.3. The van der Waals surface area contributed by atoms with E-state index in [1.807, 2.05) is 17.0 Å². The Morgan fingerprint density at radius 3 is 2.44 bits per heavy atom. The number of hydrogen-bond donors (Lipinski definition) is 2. The minimum absolute atomic E-state index is 0.0636. The van der Waals surface area contributed by atoms with Crippen molar-refractivity contribution in [1.82, 2.24) is 9.80 Å². The van der Waals surface area contributed by atoms with Gasteiger partial charge in [0.1, 0.15) is 0 Å². The fourth-order valence-corrected chi connectivity index (χ4v) is 7.58. The average Bonchev–Trinajstić information content (AvgIpc) is 3.22. The quantitative estimate of drug-likeness (QED) is 0.366. The van der Waals surface area contributed by atoms with Crippen molar-refractivity contribution in [3.63, 3.8) is 0 Å². The number of allylic oxidation sites excluding steroid dienone is 2. The Balaban J connectivity index is 1.55. The van der Waals surface area contributed by atoms with Gasteiger partial charge in [-0.3, -0.25) is 14.5 Å². The summed E-state index contributed by atoms with van der Waals surface area (Å²) in [6.45, 7) is 8.93. The second kappa shape index (κ2) is 12.6. The predicted octanol–water partition coefficient (Wildman–Crippen LogP) is 5.40. The normalized spacial score (nSPS) is 28.7. The summed E-state index contributed by atoms with van der Waals surface area (Å²) in [5.74, 6) is -2.58. The summed E-state index contributed by atoms with van der Waals surface area (Å²) in [5.41, 5.74) is 1.67. The summed E-state index contributed by atoms with van der Waals surface area (Å²) < 4.78 is 28.0. The lowest BCUT2D eigenvalue weighted by molar-refractivity contribution is -0.132. The van der Waals surface area contributed by atoms with Gasteiger partial charge in [0.15, 0.2) is 17.4 Å². The molecule has 0 unspecified atom stereocenters. The molecule has 2 aromatic rings. The van der Waals surface area contributed by atoms with Crippen LogP contribution in [0.5, 0.6) is 0 Å². The van der Waals surface area contributed by atoms with Gasteiger partial charge >= 0.3 is 0 Å². The topological polar surface area (TPSA) is 81.1 Å². The fourth-order valence-electron chi connectivity index (χ4n) is 7.58. The van der Waals surface area contributed by atoms with Crippen molar-refractivity contribution in [3.05, 3.63) is 81.9 Å². The van der Waals surface area contributed by atoms with E-state index in [0.717, 1.165) is 36.1 Å². The lowest BCUT2D eigenvalue weighted by atomic mass is 9.64. The number of amides is 1. The molecule has 4 aliphatic rings. The summed E-state index contributed by atoms with van der Waals surface area (Å²) in [6.07, 6.45) is 6.03. The Bertz CT molecular complexity index is 1400. The molecule has 6 rings (SSSR count). The first-order valence-electron chi connectivity index (χ1n) is 15.6. The molecule has 1 saturated carbocycles. The molecular weight excluding hydrogens is 550 g/mol. The van der Waals surface area contributed by atoms with Gasteiger partial charge in [-0.25, -0.2) is 8.78 Å². The van der Waals surface area contributed by atoms with E-state index in [0.29, 0.717) is 70.4 Å². The van der Waals surface area contributed by atoms with Crippen molar-refractivity contribution in [3.8, 4) is 0 Å². The number of hydrogen-bond acceptors (Lipinski definition) is 5. The largest absolute Gasteiger partial charge is 0.393 e. The maximum Gasteiger partial charge on any atom is 0.219 e. The van der Waals surface area contributed by atoms with Gasteiger partial charge in [-0.05, 0) is 93.2 Å². The van der Waals surface area contributed by atoms with Crippen molar-refractivity contribution in [1.29, 1.82) is 0 Å². The Hall–Kier alpha value is -2.94. The number of fused-ring (bicyclic) bond motifs is 8. The molecule has 3 aliphatic carbocycles. The Labute approximate surface area is 253 Å². The minimum Gasteiger partial charge on any atom is -0.393 e. The minimum atomic E-state index is -1.08. The van der Waals surface area contributed by atoms with E-state index in [9.17, 15) is 28.6 Å². The summed E-state index contributed by atoms with van der Waals surface area (Å²) >= 11 is 0. The van der Waals surface area contributed by atoms with Gasteiger partial charge < -0.3 is 15.1 Å². The third-order valence-corrected chi connectivity index (χ3v) is 10.4. The SMILES string of the molecule is CC(=O)N1CCN(C[C@]2(O)CC[C@H]3c4ccc(cc4C(=O)c4ccc(F)c(F)c4)C[C@@H](O)CCC(C)=CCC[C@@]32C)CC1. The summed E-state index contributed by atoms with van der Waals surface area (Å²) in [7, 11) is 0. The highest BCUT2D eigenvalue weighted by Crippen LogP contribution is 2.58. The van der Waals surface area contributed by atoms with E-state index < -0.39 is 34.5 Å². The number of halogens is 2. The maximum absolute atomic E-state index is 14.2. The zero-order valence-electron chi connectivity index (χ0n) is 25.5. The van der Waals surface area contributed by atoms with Crippen molar-refractivity contribution in [2.75, 3.05) is 32.7 Å². The van der Waals surface area contributed by atoms with Crippen LogP contribution in [0.1, 0.15) is 92.3 Å². The Kier molecular flexibility index (Phi) is 9.21. The van der Waals surface area contributed by atoms with Crippen LogP contribution in [0.25, 0.3) is 0 Å². The van der Waals surface area contributed by atoms with Crippen molar-refractivity contribution in [2.24, 2.45) is 5.41 Å². The number of aliphatic hydroxyl groups is 2. The van der Waals surface area contributed by atoms with Gasteiger partial charge in [-0.15, -0.1) is 0 Å². The summed E-state index contributed by atoms with van der Waals surface area (Å²) in [4.78, 5) is 29.9. The number of piperazine rings is 1. The first-order valence-corrected chi connectivity index (χ1v) is 15.6. The van der Waals surface area contributed by atoms with Crippen LogP contribution in [-0.4, -0.2) is 76.1 Å². The number of rotatable bonds is 4. The third kappa shape index (κ3) is 6.47. The number of β-amino-alcohol motifs (C(OH)–C–C–N with tert-alkyl or cyclic N) is 1. The van der Waals surface area contributed by atoms with Crippen molar-refractivity contribution < 1.29 is 28.6 Å². The van der Waals surface area contributed by atoms with Crippen LogP contribution < -0.4 is 0 Å². The molecule has 1 aliphatic heterocycles. The van der Waals surface area contributed by atoms with E-state index in [2.05, 4.69) is 24.8 Å². The zero-order chi connectivity index (χ0) is 30.9. The lowest BCUT2D eigenvalue weighted by Gasteiger charge is -2.47. The second-order valence-electron chi connectivity index (χ2n) is 13.2. The van der Waals surface area contributed by atoms with Crippen molar-refractivity contribution >= 4 is 11.7 Å². The highest BCUT2D eigenvalue weighted by Gasteiger charge is 2.57. The molecule has 2 N–H and O–H groups in total. The van der Waals surface area contributed by atoms with Crippen molar-refractivity contribution in [2.45, 2.75) is 83.3 Å². The Morgan fingerprint density at radius 2 is 1.74 bits per heavy atom. The molecule has 2 bridgehead atoms. The number of benzene rings is 2. The smallest absolute Gasteiger partial charge is 0.219 e. The molecule has 232 valence electrons. The zero-order valence-corrected chi connectivity index (χ0v) is 25.5. The first kappa shape index (κ1) is 31.5. The molecule has 8 heteroatoms. The van der Waals surface area contributed by atoms with Crippen LogP contribution in [0.2, 0.25) is 0 Å². The van der Waals surface area contributed by atoms with Crippen LogP contribution in [0.3, 0.4) is 0 Å². The lowest BCUT2D eigenvalue weighted by Crippen LogP contribution is -2.57. The molecule has 43 heavy (non-hydrogen) atoms. The first-order chi connectivity index (χ1) is 20.4. The molecule has 1 heterocycles. The van der Waals surface area contributed by atoms with Gasteiger partial charge in [-0.2, -0.15) is 0 Å². The van der Waals surface area contributed by atoms with E-state index in [1.165, 1.54) is 11.6 Å². The van der Waals surface area contributed by atoms with Gasteiger partial charge in [-0.1, -0.05) is 30.7 Å². The van der Waals surface area contributed by atoms with Gasteiger partial charge in [0.2, 0.25) is 5.91 Å². The molecule has 0 spiro atoms. The van der Waals surface area contributed by atoms with Crippen LogP contribution in [0.15, 0.2) is 48.0 Å². The maximum atomic E-state index is 14.2. The van der Waals surface area contributed by atoms with E-state index in [1.54, 1.807) is 13.0 Å². The number of aliphatic hydroxyl groups excluding tert-OH is 1. The molecule has 1 amide bonds. The van der Waals surface area contributed by atoms with E-state index in [4.69, 9.17) is 0 Å².